The van der Waals surface area contributed by atoms with E-state index in [1.165, 1.54) is 30.5 Å². The number of carbonyl (C=O) groups excluding carboxylic acids is 1. The number of benzene rings is 2. The zero-order valence-corrected chi connectivity index (χ0v) is 17.0. The fourth-order valence-corrected chi connectivity index (χ4v) is 3.25. The molecule has 0 saturated heterocycles. The summed E-state index contributed by atoms with van der Waals surface area (Å²) in [5.74, 6) is 5.29. The Kier molecular flexibility index (Phi) is 6.60. The number of sulfone groups is 1. The molecule has 5 nitrogen and oxygen atoms in total. The van der Waals surface area contributed by atoms with Crippen molar-refractivity contribution in [1.82, 2.24) is 10.3 Å². The van der Waals surface area contributed by atoms with Crippen LogP contribution in [0, 0.1) is 17.7 Å². The minimum atomic E-state index is -3.25. The molecule has 152 valence electrons. The normalized spacial score (nSPS) is 10.7. The van der Waals surface area contributed by atoms with Crippen molar-refractivity contribution in [3.05, 3.63) is 95.1 Å². The van der Waals surface area contributed by atoms with Crippen molar-refractivity contribution in [2.75, 3.05) is 6.26 Å². The summed E-state index contributed by atoms with van der Waals surface area (Å²) in [4.78, 5) is 16.8. The minimum absolute atomic E-state index is 0.232. The first-order valence-electron chi connectivity index (χ1n) is 9.08. The summed E-state index contributed by atoms with van der Waals surface area (Å²) >= 11 is 0. The van der Waals surface area contributed by atoms with Gasteiger partial charge in [0, 0.05) is 31.0 Å². The van der Waals surface area contributed by atoms with Crippen LogP contribution in [0.2, 0.25) is 0 Å². The number of hydrogen-bond donors (Lipinski definition) is 1. The SMILES string of the molecule is CS(=O)(=O)c1ccc(CNC(=O)c2ccnc(C#CCc3ccc(F)cc3)c2)cc1. The van der Waals surface area contributed by atoms with Gasteiger partial charge in [-0.1, -0.05) is 30.2 Å². The summed E-state index contributed by atoms with van der Waals surface area (Å²) in [6.07, 6.45) is 3.10. The molecular formula is C23H19FN2O3S. The molecule has 1 amide bonds. The van der Waals surface area contributed by atoms with Crippen molar-refractivity contribution in [2.45, 2.75) is 17.9 Å². The molecule has 0 atom stereocenters. The van der Waals surface area contributed by atoms with Crippen LogP contribution in [0.15, 0.2) is 71.8 Å². The van der Waals surface area contributed by atoms with Crippen molar-refractivity contribution < 1.29 is 17.6 Å². The molecule has 0 aliphatic carbocycles. The molecule has 0 saturated carbocycles. The molecule has 3 rings (SSSR count). The first-order valence-corrected chi connectivity index (χ1v) is 11.0. The van der Waals surface area contributed by atoms with Gasteiger partial charge in [0.15, 0.2) is 9.84 Å². The van der Waals surface area contributed by atoms with Crippen molar-refractivity contribution in [3.8, 4) is 11.8 Å². The van der Waals surface area contributed by atoms with E-state index in [-0.39, 0.29) is 23.2 Å². The summed E-state index contributed by atoms with van der Waals surface area (Å²) in [5, 5.41) is 2.79. The van der Waals surface area contributed by atoms with Gasteiger partial charge in [0.25, 0.3) is 5.91 Å². The summed E-state index contributed by atoms with van der Waals surface area (Å²) in [6, 6.07) is 15.6. The molecule has 1 heterocycles. The van der Waals surface area contributed by atoms with Crippen LogP contribution in [0.4, 0.5) is 4.39 Å². The molecule has 30 heavy (non-hydrogen) atoms. The summed E-state index contributed by atoms with van der Waals surface area (Å²) < 4.78 is 35.9. The van der Waals surface area contributed by atoms with Gasteiger partial charge in [0.05, 0.1) is 4.90 Å². The third-order valence-corrected chi connectivity index (χ3v) is 5.38. The first-order chi connectivity index (χ1) is 14.3. The average Bonchev–Trinajstić information content (AvgIpc) is 2.73. The Morgan fingerprint density at radius 3 is 2.37 bits per heavy atom. The van der Waals surface area contributed by atoms with Gasteiger partial charge in [-0.05, 0) is 53.4 Å². The predicted molar refractivity (Wildman–Crippen MR) is 112 cm³/mol. The monoisotopic (exact) mass is 422 g/mol. The zero-order valence-electron chi connectivity index (χ0n) is 16.2. The molecule has 0 spiro atoms. The number of rotatable bonds is 5. The highest BCUT2D eigenvalue weighted by atomic mass is 32.2. The van der Waals surface area contributed by atoms with Crippen LogP contribution in [0.25, 0.3) is 0 Å². The van der Waals surface area contributed by atoms with E-state index >= 15 is 0 Å². The molecule has 0 radical (unpaired) electrons. The van der Waals surface area contributed by atoms with Crippen LogP contribution in [0.3, 0.4) is 0 Å². The van der Waals surface area contributed by atoms with Gasteiger partial charge in [-0.25, -0.2) is 17.8 Å². The van der Waals surface area contributed by atoms with Gasteiger partial charge in [-0.15, -0.1) is 0 Å². The Labute approximate surface area is 174 Å². The smallest absolute Gasteiger partial charge is 0.251 e. The number of halogens is 1. The third kappa shape index (κ3) is 6.00. The molecule has 7 heteroatoms. The van der Waals surface area contributed by atoms with E-state index in [0.717, 1.165) is 17.4 Å². The van der Waals surface area contributed by atoms with Crippen LogP contribution in [-0.4, -0.2) is 25.6 Å². The zero-order chi connectivity index (χ0) is 21.6. The fraction of sp³-hybridized carbons (Fsp3) is 0.130. The minimum Gasteiger partial charge on any atom is -0.348 e. The second-order valence-electron chi connectivity index (χ2n) is 6.63. The number of aromatic nitrogens is 1. The van der Waals surface area contributed by atoms with E-state index in [4.69, 9.17) is 0 Å². The number of nitrogens with one attached hydrogen (secondary N) is 1. The Hall–Kier alpha value is -3.50. The third-order valence-electron chi connectivity index (χ3n) is 4.25. The lowest BCUT2D eigenvalue weighted by atomic mass is 10.1. The largest absolute Gasteiger partial charge is 0.348 e. The average molecular weight is 422 g/mol. The van der Waals surface area contributed by atoms with Gasteiger partial charge in [0.2, 0.25) is 0 Å². The highest BCUT2D eigenvalue weighted by molar-refractivity contribution is 7.90. The predicted octanol–water partition coefficient (Wildman–Crippen LogP) is 3.15. The second kappa shape index (κ2) is 9.33. The maximum atomic E-state index is 12.9. The number of hydrogen-bond acceptors (Lipinski definition) is 4. The van der Waals surface area contributed by atoms with Crippen LogP contribution in [0.5, 0.6) is 0 Å². The molecule has 1 aromatic heterocycles. The van der Waals surface area contributed by atoms with Crippen LogP contribution < -0.4 is 5.32 Å². The number of amides is 1. The van der Waals surface area contributed by atoms with Gasteiger partial charge in [-0.2, -0.15) is 0 Å². The molecule has 0 bridgehead atoms. The van der Waals surface area contributed by atoms with Crippen LogP contribution in [0.1, 0.15) is 27.2 Å². The van der Waals surface area contributed by atoms with Crippen molar-refractivity contribution in [3.63, 3.8) is 0 Å². The number of pyridine rings is 1. The Balaban J connectivity index is 1.60. The molecule has 0 fully saturated rings. The van der Waals surface area contributed by atoms with Crippen LogP contribution >= 0.6 is 0 Å². The van der Waals surface area contributed by atoms with E-state index in [1.54, 1.807) is 36.4 Å². The topological polar surface area (TPSA) is 76.1 Å². The standard InChI is InChI=1S/C23H19FN2O3S/c1-30(28,29)22-11-7-18(8-12-22)16-26-23(27)19-13-14-25-21(15-19)4-2-3-17-5-9-20(24)10-6-17/h5-15H,3,16H2,1H3,(H,26,27). The van der Waals surface area contributed by atoms with Crippen LogP contribution in [-0.2, 0) is 22.8 Å². The van der Waals surface area contributed by atoms with Gasteiger partial charge < -0.3 is 5.32 Å². The second-order valence-corrected chi connectivity index (χ2v) is 8.65. The highest BCUT2D eigenvalue weighted by Crippen LogP contribution is 2.10. The lowest BCUT2D eigenvalue weighted by molar-refractivity contribution is 0.0950. The Bertz CT molecular complexity index is 1210. The molecule has 0 aliphatic rings. The fourth-order valence-electron chi connectivity index (χ4n) is 2.62. The molecule has 0 aliphatic heterocycles. The van der Waals surface area contributed by atoms with E-state index in [9.17, 15) is 17.6 Å². The number of carbonyl (C=O) groups is 1. The molecule has 2 aromatic carbocycles. The maximum absolute atomic E-state index is 12.9. The van der Waals surface area contributed by atoms with Gasteiger partial charge in [-0.3, -0.25) is 4.79 Å². The number of nitrogens with zero attached hydrogens (tertiary/aromatic N) is 1. The summed E-state index contributed by atoms with van der Waals surface area (Å²) in [7, 11) is -3.25. The Morgan fingerprint density at radius 2 is 1.70 bits per heavy atom. The van der Waals surface area contributed by atoms with E-state index in [0.29, 0.717) is 17.7 Å². The van der Waals surface area contributed by atoms with E-state index < -0.39 is 9.84 Å². The molecule has 1 N–H and O–H groups in total. The lowest BCUT2D eigenvalue weighted by Crippen LogP contribution is -2.23. The van der Waals surface area contributed by atoms with Gasteiger partial charge in [0.1, 0.15) is 11.5 Å². The highest BCUT2D eigenvalue weighted by Gasteiger charge is 2.08. The maximum Gasteiger partial charge on any atom is 0.251 e. The quantitative estimate of drug-likeness (QED) is 0.641. The first kappa shape index (κ1) is 21.2. The summed E-state index contributed by atoms with van der Waals surface area (Å²) in [5.41, 5.74) is 2.55. The van der Waals surface area contributed by atoms with E-state index in [2.05, 4.69) is 22.1 Å². The van der Waals surface area contributed by atoms with Gasteiger partial charge >= 0.3 is 0 Å². The molecular weight excluding hydrogens is 403 g/mol. The van der Waals surface area contributed by atoms with Crippen molar-refractivity contribution in [1.29, 1.82) is 0 Å². The van der Waals surface area contributed by atoms with Crippen molar-refractivity contribution >= 4 is 15.7 Å². The van der Waals surface area contributed by atoms with Crippen molar-refractivity contribution in [2.24, 2.45) is 0 Å². The Morgan fingerprint density at radius 1 is 1.03 bits per heavy atom. The molecule has 3 aromatic rings. The lowest BCUT2D eigenvalue weighted by Gasteiger charge is -2.06. The molecule has 0 unspecified atom stereocenters. The van der Waals surface area contributed by atoms with E-state index in [1.807, 2.05) is 0 Å². The summed E-state index contributed by atoms with van der Waals surface area (Å²) in [6.45, 7) is 0.261.